The molecule has 0 radical (unpaired) electrons. The molecule has 17 heavy (non-hydrogen) atoms. The van der Waals surface area contributed by atoms with Gasteiger partial charge in [0.25, 0.3) is 0 Å². The maximum absolute atomic E-state index is 3.40. The zero-order valence-corrected chi connectivity index (χ0v) is 11.6. The first-order chi connectivity index (χ1) is 8.42. The third-order valence-electron chi connectivity index (χ3n) is 3.42. The van der Waals surface area contributed by atoms with Crippen LogP contribution in [0.2, 0.25) is 0 Å². The van der Waals surface area contributed by atoms with Crippen LogP contribution in [0.1, 0.15) is 42.9 Å². The largest absolute Gasteiger partial charge is 0.264 e. The van der Waals surface area contributed by atoms with Crippen LogP contribution in [0.25, 0.3) is 0 Å². The molecule has 1 aliphatic rings. The summed E-state index contributed by atoms with van der Waals surface area (Å²) in [4.78, 5) is 0. The van der Waals surface area contributed by atoms with Crippen molar-refractivity contribution < 1.29 is 0 Å². The van der Waals surface area contributed by atoms with Gasteiger partial charge in [-0.3, -0.25) is 4.72 Å². The number of hydrogen-bond acceptors (Lipinski definition) is 2. The molecular formula is C15H23NS. The summed E-state index contributed by atoms with van der Waals surface area (Å²) in [6.07, 6.45) is 7.79. The Morgan fingerprint density at radius 1 is 1.24 bits per heavy atom. The van der Waals surface area contributed by atoms with Crippen molar-refractivity contribution in [1.82, 2.24) is 4.72 Å². The van der Waals surface area contributed by atoms with E-state index in [0.29, 0.717) is 0 Å². The first kappa shape index (κ1) is 13.0. The highest BCUT2D eigenvalue weighted by Crippen LogP contribution is 2.25. The van der Waals surface area contributed by atoms with E-state index in [1.165, 1.54) is 44.3 Å². The molecule has 0 atom stereocenters. The molecule has 2 heteroatoms. The van der Waals surface area contributed by atoms with Crippen LogP contribution in [-0.4, -0.2) is 12.3 Å². The van der Waals surface area contributed by atoms with Gasteiger partial charge in [0.1, 0.15) is 0 Å². The molecule has 0 spiro atoms. The maximum Gasteiger partial charge on any atom is 0.0119 e. The molecule has 1 N–H and O–H groups in total. The van der Waals surface area contributed by atoms with Gasteiger partial charge in [-0.2, -0.15) is 0 Å². The van der Waals surface area contributed by atoms with E-state index in [1.54, 1.807) is 16.7 Å². The summed E-state index contributed by atoms with van der Waals surface area (Å²) in [6, 6.07) is 6.88. The van der Waals surface area contributed by atoms with E-state index in [1.807, 2.05) is 11.9 Å². The number of aryl methyl sites for hydroxylation is 2. The lowest BCUT2D eigenvalue weighted by Gasteiger charge is -2.19. The van der Waals surface area contributed by atoms with Crippen molar-refractivity contribution in [2.75, 3.05) is 12.3 Å². The van der Waals surface area contributed by atoms with Crippen LogP contribution in [0.5, 0.6) is 0 Å². The molecule has 1 nitrogen and oxygen atoms in total. The van der Waals surface area contributed by atoms with Crippen LogP contribution >= 0.6 is 11.9 Å². The summed E-state index contributed by atoms with van der Waals surface area (Å²) in [5.41, 5.74) is 4.86. The average Bonchev–Trinajstić information content (AvgIpc) is 2.39. The van der Waals surface area contributed by atoms with Crippen molar-refractivity contribution in [3.05, 3.63) is 34.9 Å². The Balaban J connectivity index is 1.87. The van der Waals surface area contributed by atoms with Gasteiger partial charge in [0, 0.05) is 12.3 Å². The number of rotatable bonds is 6. The van der Waals surface area contributed by atoms with Crippen LogP contribution in [0, 0.1) is 0 Å². The summed E-state index contributed by atoms with van der Waals surface area (Å²) in [7, 11) is 0. The molecule has 0 saturated heterocycles. The highest BCUT2D eigenvalue weighted by atomic mass is 32.2. The van der Waals surface area contributed by atoms with Crippen molar-refractivity contribution in [1.29, 1.82) is 0 Å². The predicted octanol–water partition coefficient (Wildman–Crippen LogP) is 3.76. The second-order valence-electron chi connectivity index (χ2n) is 4.75. The Morgan fingerprint density at radius 3 is 3.00 bits per heavy atom. The molecule has 0 heterocycles. The molecule has 0 aromatic heterocycles. The van der Waals surface area contributed by atoms with Crippen molar-refractivity contribution in [3.63, 3.8) is 0 Å². The lowest BCUT2D eigenvalue weighted by atomic mass is 9.87. The van der Waals surface area contributed by atoms with Gasteiger partial charge in [-0.25, -0.2) is 0 Å². The van der Waals surface area contributed by atoms with Crippen LogP contribution in [-0.2, 0) is 19.3 Å². The van der Waals surface area contributed by atoms with Gasteiger partial charge < -0.3 is 0 Å². The van der Waals surface area contributed by atoms with Gasteiger partial charge in [0.2, 0.25) is 0 Å². The molecule has 2 rings (SSSR count). The summed E-state index contributed by atoms with van der Waals surface area (Å²) in [5, 5.41) is 0. The SMILES string of the molecule is CCCNSCCc1cccc2c1CCCC2. The van der Waals surface area contributed by atoms with E-state index in [9.17, 15) is 0 Å². The van der Waals surface area contributed by atoms with E-state index < -0.39 is 0 Å². The Hall–Kier alpha value is -0.470. The van der Waals surface area contributed by atoms with Gasteiger partial charge in [0.05, 0.1) is 0 Å². The minimum Gasteiger partial charge on any atom is -0.264 e. The number of benzene rings is 1. The molecule has 0 fully saturated rings. The Morgan fingerprint density at radius 2 is 2.12 bits per heavy atom. The molecule has 1 aliphatic carbocycles. The highest BCUT2D eigenvalue weighted by molar-refractivity contribution is 7.97. The molecule has 0 saturated carbocycles. The fourth-order valence-corrected chi connectivity index (χ4v) is 3.32. The molecule has 1 aromatic carbocycles. The third-order valence-corrected chi connectivity index (χ3v) is 4.24. The van der Waals surface area contributed by atoms with Crippen LogP contribution in [0.15, 0.2) is 18.2 Å². The Bertz CT molecular complexity index is 349. The minimum atomic E-state index is 1.12. The van der Waals surface area contributed by atoms with Gasteiger partial charge in [-0.15, -0.1) is 0 Å². The van der Waals surface area contributed by atoms with E-state index in [2.05, 4.69) is 29.8 Å². The quantitative estimate of drug-likeness (QED) is 0.608. The van der Waals surface area contributed by atoms with Crippen molar-refractivity contribution >= 4 is 11.9 Å². The fourth-order valence-electron chi connectivity index (χ4n) is 2.50. The first-order valence-corrected chi connectivity index (χ1v) is 7.84. The van der Waals surface area contributed by atoms with Crippen molar-refractivity contribution in [2.24, 2.45) is 0 Å². The lowest BCUT2D eigenvalue weighted by molar-refractivity contribution is 0.679. The van der Waals surface area contributed by atoms with Gasteiger partial charge in [-0.05, 0) is 55.2 Å². The minimum absolute atomic E-state index is 1.12. The first-order valence-electron chi connectivity index (χ1n) is 6.86. The van der Waals surface area contributed by atoms with Crippen LogP contribution in [0.4, 0.5) is 0 Å². The van der Waals surface area contributed by atoms with E-state index in [-0.39, 0.29) is 0 Å². The van der Waals surface area contributed by atoms with Crippen molar-refractivity contribution in [3.8, 4) is 0 Å². The average molecular weight is 249 g/mol. The molecule has 0 amide bonds. The maximum atomic E-state index is 3.40. The van der Waals surface area contributed by atoms with Crippen molar-refractivity contribution in [2.45, 2.75) is 45.4 Å². The topological polar surface area (TPSA) is 12.0 Å². The molecule has 1 aromatic rings. The summed E-state index contributed by atoms with van der Waals surface area (Å²) in [5.74, 6) is 1.19. The van der Waals surface area contributed by atoms with E-state index in [0.717, 1.165) is 6.54 Å². The summed E-state index contributed by atoms with van der Waals surface area (Å²) < 4.78 is 3.40. The van der Waals surface area contributed by atoms with Gasteiger partial charge in [0.15, 0.2) is 0 Å². The number of fused-ring (bicyclic) bond motifs is 1. The summed E-state index contributed by atoms with van der Waals surface area (Å²) >= 11 is 1.87. The monoisotopic (exact) mass is 249 g/mol. The standard InChI is InChI=1S/C15H23NS/c1-2-11-16-17-12-10-14-8-5-7-13-6-3-4-9-15(13)14/h5,7-8,16H,2-4,6,9-12H2,1H3. The fraction of sp³-hybridized carbons (Fsp3) is 0.600. The molecular weight excluding hydrogens is 226 g/mol. The summed E-state index contributed by atoms with van der Waals surface area (Å²) in [6.45, 7) is 3.33. The number of nitrogens with one attached hydrogen (secondary N) is 1. The molecule has 0 bridgehead atoms. The van der Waals surface area contributed by atoms with Crippen LogP contribution in [0.3, 0.4) is 0 Å². The zero-order valence-electron chi connectivity index (χ0n) is 10.8. The smallest absolute Gasteiger partial charge is 0.0119 e. The van der Waals surface area contributed by atoms with E-state index >= 15 is 0 Å². The second kappa shape index (κ2) is 7.07. The third kappa shape index (κ3) is 3.75. The second-order valence-corrected chi connectivity index (χ2v) is 5.74. The predicted molar refractivity (Wildman–Crippen MR) is 77.5 cm³/mol. The Kier molecular flexibility index (Phi) is 5.40. The van der Waals surface area contributed by atoms with Gasteiger partial charge in [-0.1, -0.05) is 37.1 Å². The zero-order chi connectivity index (χ0) is 11.9. The number of hydrogen-bond donors (Lipinski definition) is 1. The Labute approximate surface area is 110 Å². The van der Waals surface area contributed by atoms with Gasteiger partial charge >= 0.3 is 0 Å². The molecule has 0 aliphatic heterocycles. The lowest BCUT2D eigenvalue weighted by Crippen LogP contribution is -2.09. The normalized spacial score (nSPS) is 14.6. The van der Waals surface area contributed by atoms with E-state index in [4.69, 9.17) is 0 Å². The highest BCUT2D eigenvalue weighted by Gasteiger charge is 2.12. The molecule has 94 valence electrons. The molecule has 0 unspecified atom stereocenters. The van der Waals surface area contributed by atoms with Crippen LogP contribution < -0.4 is 4.72 Å².